The molecule has 4 rings (SSSR count). The van der Waals surface area contributed by atoms with E-state index in [4.69, 9.17) is 27.6 Å². The van der Waals surface area contributed by atoms with Crippen LogP contribution in [0.1, 0.15) is 5.56 Å². The first-order valence-corrected chi connectivity index (χ1v) is 9.10. The molecule has 5 nitrogen and oxygen atoms in total. The average molecular weight is 410 g/mol. The Hall–Kier alpha value is -3.15. The third kappa shape index (κ3) is 4.06. The van der Waals surface area contributed by atoms with E-state index in [1.807, 2.05) is 12.1 Å². The number of nitrogens with one attached hydrogen (secondary N) is 1. The van der Waals surface area contributed by atoms with E-state index in [1.165, 1.54) is 6.08 Å². The number of anilines is 1. The van der Waals surface area contributed by atoms with Crippen LogP contribution in [0.4, 0.5) is 5.69 Å². The molecule has 1 amide bonds. The lowest BCUT2D eigenvalue weighted by molar-refractivity contribution is -0.111. The fourth-order valence-electron chi connectivity index (χ4n) is 2.61. The lowest BCUT2D eigenvalue weighted by Gasteiger charge is -2.04. The number of hydrogen-bond donors (Lipinski definition) is 1. The van der Waals surface area contributed by atoms with E-state index in [1.54, 1.807) is 54.7 Å². The number of fused-ring (bicyclic) bond motifs is 1. The zero-order valence-corrected chi connectivity index (χ0v) is 15.9. The molecule has 2 aromatic carbocycles. The zero-order chi connectivity index (χ0) is 19.5. The van der Waals surface area contributed by atoms with Gasteiger partial charge < -0.3 is 9.73 Å². The van der Waals surface area contributed by atoms with Crippen LogP contribution in [-0.4, -0.2) is 15.9 Å². The van der Waals surface area contributed by atoms with Gasteiger partial charge in [0.2, 0.25) is 11.8 Å². The molecule has 0 aliphatic carbocycles. The van der Waals surface area contributed by atoms with Gasteiger partial charge in [-0.05, 0) is 54.1 Å². The molecule has 2 heterocycles. The maximum Gasteiger partial charge on any atom is 0.248 e. The van der Waals surface area contributed by atoms with Gasteiger partial charge in [-0.1, -0.05) is 35.3 Å². The normalized spacial score (nSPS) is 11.2. The van der Waals surface area contributed by atoms with Crippen molar-refractivity contribution in [3.05, 3.63) is 82.5 Å². The average Bonchev–Trinajstić information content (AvgIpc) is 3.12. The topological polar surface area (TPSA) is 68.0 Å². The van der Waals surface area contributed by atoms with Crippen molar-refractivity contribution >= 4 is 52.1 Å². The molecule has 0 aliphatic heterocycles. The maximum absolute atomic E-state index is 12.2. The first-order chi connectivity index (χ1) is 13.6. The van der Waals surface area contributed by atoms with Crippen molar-refractivity contribution in [3.63, 3.8) is 0 Å². The van der Waals surface area contributed by atoms with Crippen LogP contribution in [0.5, 0.6) is 0 Å². The van der Waals surface area contributed by atoms with Crippen LogP contribution in [0.3, 0.4) is 0 Å². The van der Waals surface area contributed by atoms with E-state index < -0.39 is 0 Å². The lowest BCUT2D eigenvalue weighted by Crippen LogP contribution is -2.07. The Morgan fingerprint density at radius 1 is 1.07 bits per heavy atom. The summed E-state index contributed by atoms with van der Waals surface area (Å²) in [6.07, 6.45) is 4.69. The number of amides is 1. The van der Waals surface area contributed by atoms with Gasteiger partial charge >= 0.3 is 0 Å². The molecule has 0 spiro atoms. The minimum absolute atomic E-state index is 0.289. The molecular weight excluding hydrogens is 397 g/mol. The summed E-state index contributed by atoms with van der Waals surface area (Å²) in [5.41, 5.74) is 3.20. The van der Waals surface area contributed by atoms with Gasteiger partial charge in [0.05, 0.1) is 0 Å². The van der Waals surface area contributed by atoms with Crippen LogP contribution >= 0.6 is 23.2 Å². The predicted octanol–water partition coefficient (Wildman–Crippen LogP) is 5.85. The van der Waals surface area contributed by atoms with Crippen LogP contribution in [0.2, 0.25) is 10.0 Å². The van der Waals surface area contributed by atoms with Crippen molar-refractivity contribution in [3.8, 4) is 11.5 Å². The predicted molar refractivity (Wildman–Crippen MR) is 111 cm³/mol. The molecule has 0 bridgehead atoms. The van der Waals surface area contributed by atoms with Crippen molar-refractivity contribution in [2.45, 2.75) is 0 Å². The second-order valence-corrected chi connectivity index (χ2v) is 6.76. The second kappa shape index (κ2) is 7.84. The molecule has 1 N–H and O–H groups in total. The maximum atomic E-state index is 12.2. The Kier molecular flexibility index (Phi) is 5.10. The number of halogens is 2. The van der Waals surface area contributed by atoms with Gasteiger partial charge in [0.1, 0.15) is 0 Å². The summed E-state index contributed by atoms with van der Waals surface area (Å²) in [5, 5.41) is 3.82. The Labute approximate surface area is 170 Å². The van der Waals surface area contributed by atoms with Gasteiger partial charge in [0.25, 0.3) is 0 Å². The van der Waals surface area contributed by atoms with E-state index in [0.29, 0.717) is 38.4 Å². The first kappa shape index (κ1) is 18.2. The molecule has 0 atom stereocenters. The number of hydrogen-bond acceptors (Lipinski definition) is 4. The van der Waals surface area contributed by atoms with Gasteiger partial charge in [-0.3, -0.25) is 4.79 Å². The molecule has 28 heavy (non-hydrogen) atoms. The molecule has 138 valence electrons. The largest absolute Gasteiger partial charge is 0.434 e. The Bertz CT molecular complexity index is 1170. The number of oxazole rings is 1. The fraction of sp³-hybridized carbons (Fsp3) is 0. The summed E-state index contributed by atoms with van der Waals surface area (Å²) in [6.45, 7) is 0. The number of rotatable bonds is 4. The van der Waals surface area contributed by atoms with Gasteiger partial charge in [-0.15, -0.1) is 0 Å². The van der Waals surface area contributed by atoms with E-state index in [9.17, 15) is 4.79 Å². The Balaban J connectivity index is 1.51. The quantitative estimate of drug-likeness (QED) is 0.429. The summed E-state index contributed by atoms with van der Waals surface area (Å²) < 4.78 is 5.72. The van der Waals surface area contributed by atoms with Crippen molar-refractivity contribution in [2.24, 2.45) is 0 Å². The van der Waals surface area contributed by atoms with Gasteiger partial charge in [-0.2, -0.15) is 4.98 Å². The van der Waals surface area contributed by atoms with Crippen LogP contribution < -0.4 is 5.32 Å². The van der Waals surface area contributed by atoms with Crippen LogP contribution in [-0.2, 0) is 4.79 Å². The van der Waals surface area contributed by atoms with Crippen LogP contribution in [0.25, 0.3) is 28.8 Å². The number of carbonyl (C=O) groups excluding carboxylic acids is 1. The highest BCUT2D eigenvalue weighted by molar-refractivity contribution is 6.35. The third-order valence-corrected chi connectivity index (χ3v) is 4.48. The molecule has 0 unspecified atom stereocenters. The second-order valence-electron chi connectivity index (χ2n) is 5.91. The van der Waals surface area contributed by atoms with E-state index in [0.717, 1.165) is 5.56 Å². The Morgan fingerprint density at radius 2 is 1.96 bits per heavy atom. The summed E-state index contributed by atoms with van der Waals surface area (Å²) in [7, 11) is 0. The Morgan fingerprint density at radius 3 is 2.79 bits per heavy atom. The van der Waals surface area contributed by atoms with Crippen LogP contribution in [0, 0.1) is 0 Å². The smallest absolute Gasteiger partial charge is 0.248 e. The SMILES string of the molecule is O=C(/C=C/c1ccc(Cl)cc1Cl)Nc1cccc(-c2nc3ncccc3o2)c1. The number of pyridine rings is 1. The molecule has 0 radical (unpaired) electrons. The minimum Gasteiger partial charge on any atom is -0.434 e. The summed E-state index contributed by atoms with van der Waals surface area (Å²) >= 11 is 12.0. The molecule has 7 heteroatoms. The molecule has 0 saturated heterocycles. The molecule has 0 aliphatic rings. The summed E-state index contributed by atoms with van der Waals surface area (Å²) in [5.74, 6) is 0.149. The fourth-order valence-corrected chi connectivity index (χ4v) is 3.08. The molecule has 2 aromatic heterocycles. The van der Waals surface area contributed by atoms with Gasteiger partial charge in [0.15, 0.2) is 11.2 Å². The van der Waals surface area contributed by atoms with Gasteiger partial charge in [0, 0.05) is 33.6 Å². The number of aromatic nitrogens is 2. The highest BCUT2D eigenvalue weighted by Crippen LogP contribution is 2.25. The van der Waals surface area contributed by atoms with Crippen molar-refractivity contribution in [1.29, 1.82) is 0 Å². The highest BCUT2D eigenvalue weighted by atomic mass is 35.5. The third-order valence-electron chi connectivity index (χ3n) is 3.92. The molecule has 4 aromatic rings. The summed E-state index contributed by atoms with van der Waals surface area (Å²) in [4.78, 5) is 20.8. The van der Waals surface area contributed by atoms with Gasteiger partial charge in [-0.25, -0.2) is 4.98 Å². The highest BCUT2D eigenvalue weighted by Gasteiger charge is 2.09. The standard InChI is InChI=1S/C21H13Cl2N3O2/c22-15-8-6-13(17(23)12-15)7-9-19(27)25-16-4-1-3-14(11-16)21-26-20-18(28-21)5-2-10-24-20/h1-12H,(H,25,27)/b9-7+. The van der Waals surface area contributed by atoms with Crippen LogP contribution in [0.15, 0.2) is 71.3 Å². The zero-order valence-electron chi connectivity index (χ0n) is 14.4. The van der Waals surface area contributed by atoms with E-state index >= 15 is 0 Å². The van der Waals surface area contributed by atoms with Crippen molar-refractivity contribution in [2.75, 3.05) is 5.32 Å². The summed E-state index contributed by atoms with van der Waals surface area (Å²) in [6, 6.07) is 15.9. The number of carbonyl (C=O) groups is 1. The van der Waals surface area contributed by atoms with E-state index in [-0.39, 0.29) is 5.91 Å². The number of benzene rings is 2. The molecule has 0 fully saturated rings. The minimum atomic E-state index is -0.289. The molecule has 0 saturated carbocycles. The lowest BCUT2D eigenvalue weighted by atomic mass is 10.2. The van der Waals surface area contributed by atoms with E-state index in [2.05, 4.69) is 15.3 Å². The molecular formula is C21H13Cl2N3O2. The van der Waals surface area contributed by atoms with Crippen molar-refractivity contribution < 1.29 is 9.21 Å². The monoisotopic (exact) mass is 409 g/mol. The first-order valence-electron chi connectivity index (χ1n) is 8.34. The number of nitrogens with zero attached hydrogens (tertiary/aromatic N) is 2. The van der Waals surface area contributed by atoms with Crippen molar-refractivity contribution in [1.82, 2.24) is 9.97 Å².